The molecular formula is C13H16N4. The lowest BCUT2D eigenvalue weighted by Crippen LogP contribution is -2.07. The first kappa shape index (κ1) is 11.4. The van der Waals surface area contributed by atoms with Crippen molar-refractivity contribution in [1.29, 1.82) is 0 Å². The van der Waals surface area contributed by atoms with Crippen molar-refractivity contribution in [1.82, 2.24) is 9.97 Å². The van der Waals surface area contributed by atoms with Gasteiger partial charge in [0.05, 0.1) is 0 Å². The van der Waals surface area contributed by atoms with E-state index in [1.54, 1.807) is 7.05 Å². The summed E-state index contributed by atoms with van der Waals surface area (Å²) >= 11 is 0. The van der Waals surface area contributed by atoms with E-state index in [1.165, 1.54) is 5.69 Å². The average molecular weight is 228 g/mol. The predicted octanol–water partition coefficient (Wildman–Crippen LogP) is 2.25. The van der Waals surface area contributed by atoms with Gasteiger partial charge in [-0.05, 0) is 17.7 Å². The van der Waals surface area contributed by atoms with Crippen molar-refractivity contribution >= 4 is 11.6 Å². The molecular weight excluding hydrogens is 212 g/mol. The highest BCUT2D eigenvalue weighted by Gasteiger charge is 2.00. The van der Waals surface area contributed by atoms with Crippen LogP contribution in [-0.2, 0) is 0 Å². The minimum atomic E-state index is 0.638. The molecule has 0 aliphatic heterocycles. The first-order valence-corrected chi connectivity index (χ1v) is 5.48. The Bertz CT molecular complexity index is 474. The van der Waals surface area contributed by atoms with Gasteiger partial charge in [0.25, 0.3) is 0 Å². The van der Waals surface area contributed by atoms with Crippen LogP contribution in [0, 0.1) is 0 Å². The molecule has 2 aromatic rings. The monoisotopic (exact) mass is 228 g/mol. The van der Waals surface area contributed by atoms with Crippen molar-refractivity contribution in [2.75, 3.05) is 31.4 Å². The molecule has 0 bridgehead atoms. The maximum atomic E-state index is 4.20. The van der Waals surface area contributed by atoms with E-state index < -0.39 is 0 Å². The van der Waals surface area contributed by atoms with Gasteiger partial charge in [-0.25, -0.2) is 9.97 Å². The molecule has 88 valence electrons. The summed E-state index contributed by atoms with van der Waals surface area (Å²) in [4.78, 5) is 10.5. The lowest BCUT2D eigenvalue weighted by molar-refractivity contribution is 1.13. The molecule has 1 heterocycles. The first-order chi connectivity index (χ1) is 8.20. The van der Waals surface area contributed by atoms with Crippen molar-refractivity contribution < 1.29 is 0 Å². The van der Waals surface area contributed by atoms with E-state index in [4.69, 9.17) is 0 Å². The number of rotatable bonds is 3. The summed E-state index contributed by atoms with van der Waals surface area (Å²) in [6, 6.07) is 8.32. The zero-order chi connectivity index (χ0) is 12.3. The molecule has 0 atom stereocenters. The molecule has 1 N–H and O–H groups in total. The molecule has 0 amide bonds. The molecule has 4 heteroatoms. The van der Waals surface area contributed by atoms with Crippen LogP contribution in [0.1, 0.15) is 0 Å². The van der Waals surface area contributed by atoms with E-state index in [9.17, 15) is 0 Å². The van der Waals surface area contributed by atoms with Gasteiger partial charge in [0.2, 0.25) is 5.95 Å². The van der Waals surface area contributed by atoms with Crippen molar-refractivity contribution in [3.63, 3.8) is 0 Å². The van der Waals surface area contributed by atoms with Gasteiger partial charge in [0.1, 0.15) is 0 Å². The molecule has 1 aromatic heterocycles. The van der Waals surface area contributed by atoms with E-state index in [1.807, 2.05) is 26.5 Å². The lowest BCUT2D eigenvalue weighted by Gasteiger charge is -2.12. The minimum absolute atomic E-state index is 0.638. The molecule has 0 saturated heterocycles. The van der Waals surface area contributed by atoms with Gasteiger partial charge in [0, 0.05) is 44.8 Å². The van der Waals surface area contributed by atoms with Gasteiger partial charge in [-0.3, -0.25) is 0 Å². The largest absolute Gasteiger partial charge is 0.378 e. The van der Waals surface area contributed by atoms with Crippen LogP contribution in [0.4, 0.5) is 11.6 Å². The minimum Gasteiger partial charge on any atom is -0.378 e. The molecule has 17 heavy (non-hydrogen) atoms. The third-order valence-corrected chi connectivity index (χ3v) is 2.59. The summed E-state index contributed by atoms with van der Waals surface area (Å²) in [5.41, 5.74) is 3.33. The second-order valence-corrected chi connectivity index (χ2v) is 3.99. The van der Waals surface area contributed by atoms with Crippen LogP contribution in [0.25, 0.3) is 11.1 Å². The molecule has 0 aliphatic rings. The van der Waals surface area contributed by atoms with Gasteiger partial charge in [0.15, 0.2) is 0 Å². The summed E-state index contributed by atoms with van der Waals surface area (Å²) in [7, 11) is 5.86. The van der Waals surface area contributed by atoms with Gasteiger partial charge in [-0.2, -0.15) is 0 Å². The molecule has 0 aliphatic carbocycles. The second-order valence-electron chi connectivity index (χ2n) is 3.99. The zero-order valence-corrected chi connectivity index (χ0v) is 10.3. The SMILES string of the molecule is CNc1ncc(-c2ccc(N(C)C)cc2)cn1. The Morgan fingerprint density at radius 1 is 0.941 bits per heavy atom. The number of nitrogens with one attached hydrogen (secondary N) is 1. The highest BCUT2D eigenvalue weighted by Crippen LogP contribution is 2.21. The quantitative estimate of drug-likeness (QED) is 0.874. The Labute approximate surface area is 101 Å². The maximum Gasteiger partial charge on any atom is 0.222 e. The normalized spacial score (nSPS) is 10.1. The van der Waals surface area contributed by atoms with Crippen LogP contribution >= 0.6 is 0 Å². The lowest BCUT2D eigenvalue weighted by atomic mass is 10.1. The fourth-order valence-corrected chi connectivity index (χ4v) is 1.56. The van der Waals surface area contributed by atoms with Crippen molar-refractivity contribution in [3.05, 3.63) is 36.7 Å². The van der Waals surface area contributed by atoms with Crippen LogP contribution in [0.15, 0.2) is 36.7 Å². The number of nitrogens with zero attached hydrogens (tertiary/aromatic N) is 3. The standard InChI is InChI=1S/C13H16N4/c1-14-13-15-8-11(9-16-13)10-4-6-12(7-5-10)17(2)3/h4-9H,1-3H3,(H,14,15,16). The Hall–Kier alpha value is -2.10. The molecule has 1 aromatic carbocycles. The fourth-order valence-electron chi connectivity index (χ4n) is 1.56. The topological polar surface area (TPSA) is 41.1 Å². The number of hydrogen-bond donors (Lipinski definition) is 1. The summed E-state index contributed by atoms with van der Waals surface area (Å²) in [6.07, 6.45) is 3.65. The van der Waals surface area contributed by atoms with Crippen LogP contribution in [-0.4, -0.2) is 31.1 Å². The van der Waals surface area contributed by atoms with E-state index in [-0.39, 0.29) is 0 Å². The Morgan fingerprint density at radius 2 is 1.53 bits per heavy atom. The predicted molar refractivity (Wildman–Crippen MR) is 71.3 cm³/mol. The van der Waals surface area contributed by atoms with Gasteiger partial charge >= 0.3 is 0 Å². The molecule has 2 rings (SSSR count). The van der Waals surface area contributed by atoms with Gasteiger partial charge < -0.3 is 10.2 Å². The number of aromatic nitrogens is 2. The summed E-state index contributed by atoms with van der Waals surface area (Å²) < 4.78 is 0. The second kappa shape index (κ2) is 4.82. The Balaban J connectivity index is 2.26. The summed E-state index contributed by atoms with van der Waals surface area (Å²) in [6.45, 7) is 0. The van der Waals surface area contributed by atoms with Crippen molar-refractivity contribution in [2.24, 2.45) is 0 Å². The van der Waals surface area contributed by atoms with Crippen LogP contribution < -0.4 is 10.2 Å². The van der Waals surface area contributed by atoms with Crippen LogP contribution in [0.3, 0.4) is 0 Å². The van der Waals surface area contributed by atoms with E-state index >= 15 is 0 Å². The third kappa shape index (κ3) is 2.53. The number of anilines is 2. The first-order valence-electron chi connectivity index (χ1n) is 5.48. The average Bonchev–Trinajstić information content (AvgIpc) is 2.39. The summed E-state index contributed by atoms with van der Waals surface area (Å²) in [5.74, 6) is 0.638. The highest BCUT2D eigenvalue weighted by atomic mass is 15.1. The Morgan fingerprint density at radius 3 is 2.00 bits per heavy atom. The maximum absolute atomic E-state index is 4.20. The number of benzene rings is 1. The number of hydrogen-bond acceptors (Lipinski definition) is 4. The molecule has 0 spiro atoms. The van der Waals surface area contributed by atoms with Crippen molar-refractivity contribution in [3.8, 4) is 11.1 Å². The zero-order valence-electron chi connectivity index (χ0n) is 10.3. The van der Waals surface area contributed by atoms with E-state index in [2.05, 4.69) is 44.5 Å². The van der Waals surface area contributed by atoms with Crippen molar-refractivity contribution in [2.45, 2.75) is 0 Å². The molecule has 0 fully saturated rings. The molecule has 4 nitrogen and oxygen atoms in total. The fraction of sp³-hybridized carbons (Fsp3) is 0.231. The van der Waals surface area contributed by atoms with Crippen LogP contribution in [0.2, 0.25) is 0 Å². The molecule has 0 saturated carbocycles. The molecule has 0 unspecified atom stereocenters. The van der Waals surface area contributed by atoms with E-state index in [0.29, 0.717) is 5.95 Å². The highest BCUT2D eigenvalue weighted by molar-refractivity contribution is 5.65. The smallest absolute Gasteiger partial charge is 0.222 e. The third-order valence-electron chi connectivity index (χ3n) is 2.59. The Kier molecular flexibility index (Phi) is 3.23. The van der Waals surface area contributed by atoms with Crippen LogP contribution in [0.5, 0.6) is 0 Å². The van der Waals surface area contributed by atoms with Gasteiger partial charge in [-0.15, -0.1) is 0 Å². The molecule has 0 radical (unpaired) electrons. The summed E-state index contributed by atoms with van der Waals surface area (Å²) in [5, 5.41) is 2.90. The van der Waals surface area contributed by atoms with E-state index in [0.717, 1.165) is 11.1 Å². The van der Waals surface area contributed by atoms with Gasteiger partial charge in [-0.1, -0.05) is 12.1 Å².